The summed E-state index contributed by atoms with van der Waals surface area (Å²) in [5.74, 6) is 2.36. The topological polar surface area (TPSA) is 35.0 Å². The molecule has 58 heavy (non-hydrogen) atoms. The van der Waals surface area contributed by atoms with Crippen LogP contribution < -0.4 is 4.74 Å². The van der Waals surface area contributed by atoms with Crippen molar-refractivity contribution in [2.24, 2.45) is 0 Å². The largest absolute Gasteiger partial charge is 0.457 e. The van der Waals surface area contributed by atoms with E-state index < -0.39 is 5.41 Å². The van der Waals surface area contributed by atoms with Crippen LogP contribution in [0.5, 0.6) is 11.5 Å². The maximum absolute atomic E-state index is 6.89. The van der Waals surface area contributed by atoms with Gasteiger partial charge in [-0.2, -0.15) is 0 Å². The third-order valence-corrected chi connectivity index (χ3v) is 12.1. The lowest BCUT2D eigenvalue weighted by Crippen LogP contribution is -2.32. The number of para-hydroxylation sites is 1. The van der Waals surface area contributed by atoms with Crippen molar-refractivity contribution in [3.05, 3.63) is 229 Å². The summed E-state index contributed by atoms with van der Waals surface area (Å²) in [7, 11) is 0. The fraction of sp³-hybridized carbons (Fsp3) is 0.0182. The molecular formula is C55H34N2O. The van der Waals surface area contributed by atoms with Crippen LogP contribution in [0.25, 0.3) is 77.7 Å². The first kappa shape index (κ1) is 32.6. The van der Waals surface area contributed by atoms with Gasteiger partial charge in [0.15, 0.2) is 5.82 Å². The summed E-state index contributed by atoms with van der Waals surface area (Å²) < 4.78 is 6.89. The standard InChI is InChI=1S/C55H34N2O/c1-3-16-35(17-4-1)37-20-15-21-38(32-37)49-34-48(36-18-5-2-6-19-36)56-54(57-49)39-30-31-51-47(33-39)55(46-28-13-14-29-50(46)58-51)45-27-12-11-26-44(45)52-42-24-9-7-22-40(42)41-23-8-10-25-43(41)53(52)55/h1-34H. The van der Waals surface area contributed by atoms with Crippen LogP contribution in [0.2, 0.25) is 0 Å². The molecule has 1 spiro atoms. The van der Waals surface area contributed by atoms with Crippen molar-refractivity contribution in [3.8, 4) is 67.7 Å². The number of fused-ring (bicyclic) bond motifs is 14. The number of nitrogens with zero attached hydrogens (tertiary/aromatic N) is 2. The summed E-state index contributed by atoms with van der Waals surface area (Å²) >= 11 is 0. The van der Waals surface area contributed by atoms with Gasteiger partial charge in [-0.1, -0.05) is 170 Å². The quantitative estimate of drug-likeness (QED) is 0.169. The van der Waals surface area contributed by atoms with E-state index in [2.05, 4.69) is 200 Å². The molecule has 2 heterocycles. The van der Waals surface area contributed by atoms with Crippen LogP contribution in [0.15, 0.2) is 206 Å². The molecule has 10 aromatic rings. The van der Waals surface area contributed by atoms with Gasteiger partial charge < -0.3 is 4.74 Å². The van der Waals surface area contributed by atoms with Crippen LogP contribution >= 0.6 is 0 Å². The lowest BCUT2D eigenvalue weighted by atomic mass is 9.64. The Balaban J connectivity index is 1.15. The molecule has 0 amide bonds. The highest BCUT2D eigenvalue weighted by Gasteiger charge is 2.52. The first-order valence-corrected chi connectivity index (χ1v) is 19.8. The molecule has 3 nitrogen and oxygen atoms in total. The Kier molecular flexibility index (Phi) is 7.14. The molecule has 0 N–H and O–H groups in total. The molecule has 1 unspecified atom stereocenters. The van der Waals surface area contributed by atoms with Gasteiger partial charge >= 0.3 is 0 Å². The van der Waals surface area contributed by atoms with Gasteiger partial charge in [0.05, 0.1) is 16.8 Å². The normalized spacial score (nSPS) is 14.8. The highest BCUT2D eigenvalue weighted by atomic mass is 16.5. The Morgan fingerprint density at radius 3 is 1.71 bits per heavy atom. The molecule has 12 rings (SSSR count). The molecule has 0 fully saturated rings. The van der Waals surface area contributed by atoms with E-state index in [0.29, 0.717) is 5.82 Å². The van der Waals surface area contributed by atoms with Gasteiger partial charge in [-0.3, -0.25) is 0 Å². The maximum Gasteiger partial charge on any atom is 0.160 e. The van der Waals surface area contributed by atoms with Crippen molar-refractivity contribution >= 4 is 21.5 Å². The van der Waals surface area contributed by atoms with Gasteiger partial charge in [-0.15, -0.1) is 0 Å². The lowest BCUT2D eigenvalue weighted by Gasteiger charge is -2.40. The summed E-state index contributed by atoms with van der Waals surface area (Å²) in [6.07, 6.45) is 0. The molecular weight excluding hydrogens is 705 g/mol. The minimum absolute atomic E-state index is 0.660. The third-order valence-electron chi connectivity index (χ3n) is 12.1. The minimum atomic E-state index is -0.681. The zero-order chi connectivity index (χ0) is 38.2. The van der Waals surface area contributed by atoms with Crippen molar-refractivity contribution in [3.63, 3.8) is 0 Å². The van der Waals surface area contributed by atoms with Gasteiger partial charge in [0, 0.05) is 27.8 Å². The lowest BCUT2D eigenvalue weighted by molar-refractivity contribution is 0.437. The summed E-state index contributed by atoms with van der Waals surface area (Å²) in [6.45, 7) is 0. The van der Waals surface area contributed by atoms with E-state index in [1.807, 2.05) is 6.07 Å². The van der Waals surface area contributed by atoms with Crippen molar-refractivity contribution in [1.82, 2.24) is 9.97 Å². The number of hydrogen-bond donors (Lipinski definition) is 0. The predicted octanol–water partition coefficient (Wildman–Crippen LogP) is 13.9. The molecule has 1 aromatic heterocycles. The number of ether oxygens (including phenoxy) is 1. The molecule has 0 saturated heterocycles. The molecule has 1 aliphatic heterocycles. The van der Waals surface area contributed by atoms with E-state index in [1.165, 1.54) is 49.4 Å². The molecule has 1 atom stereocenters. The zero-order valence-corrected chi connectivity index (χ0v) is 31.4. The van der Waals surface area contributed by atoms with Gasteiger partial charge in [-0.05, 0) is 91.3 Å². The van der Waals surface area contributed by atoms with Gasteiger partial charge in [0.2, 0.25) is 0 Å². The van der Waals surface area contributed by atoms with E-state index in [0.717, 1.165) is 56.3 Å². The smallest absolute Gasteiger partial charge is 0.160 e. The second-order valence-corrected chi connectivity index (χ2v) is 15.2. The van der Waals surface area contributed by atoms with Crippen LogP contribution in [0.3, 0.4) is 0 Å². The highest BCUT2D eigenvalue weighted by Crippen LogP contribution is 2.65. The highest BCUT2D eigenvalue weighted by molar-refractivity contribution is 6.19. The fourth-order valence-corrected chi connectivity index (χ4v) is 9.68. The maximum atomic E-state index is 6.89. The number of hydrogen-bond acceptors (Lipinski definition) is 3. The molecule has 1 aliphatic carbocycles. The molecule has 0 saturated carbocycles. The summed E-state index contributed by atoms with van der Waals surface area (Å²) in [5, 5.41) is 4.99. The summed E-state index contributed by atoms with van der Waals surface area (Å²) in [4.78, 5) is 10.7. The van der Waals surface area contributed by atoms with Crippen molar-refractivity contribution in [2.75, 3.05) is 0 Å². The number of benzene rings is 9. The summed E-state index contributed by atoms with van der Waals surface area (Å²) in [5.41, 5.74) is 13.6. The van der Waals surface area contributed by atoms with Crippen LogP contribution in [-0.2, 0) is 5.41 Å². The SMILES string of the molecule is c1ccc(-c2cccc(-c3cc(-c4ccccc4)nc(-c4ccc5c(c4)C4(c6ccccc6O5)c5ccccc5-c5c4c4ccccc4c4ccccc54)n3)c2)cc1. The Morgan fingerprint density at radius 1 is 0.345 bits per heavy atom. The van der Waals surface area contributed by atoms with Crippen LogP contribution in [0.1, 0.15) is 22.3 Å². The summed E-state index contributed by atoms with van der Waals surface area (Å²) in [6, 6.07) is 73.5. The van der Waals surface area contributed by atoms with Crippen LogP contribution in [0.4, 0.5) is 0 Å². The Bertz CT molecular complexity index is 3260. The second-order valence-electron chi connectivity index (χ2n) is 15.2. The molecule has 0 radical (unpaired) electrons. The van der Waals surface area contributed by atoms with Gasteiger partial charge in [0.1, 0.15) is 11.5 Å². The average molecular weight is 739 g/mol. The minimum Gasteiger partial charge on any atom is -0.457 e. The van der Waals surface area contributed by atoms with E-state index in [4.69, 9.17) is 14.7 Å². The predicted molar refractivity (Wildman–Crippen MR) is 236 cm³/mol. The first-order valence-electron chi connectivity index (χ1n) is 19.8. The number of rotatable bonds is 4. The Morgan fingerprint density at radius 2 is 0.914 bits per heavy atom. The first-order chi connectivity index (χ1) is 28.8. The fourth-order valence-electron chi connectivity index (χ4n) is 9.68. The molecule has 3 heteroatoms. The van der Waals surface area contributed by atoms with Crippen molar-refractivity contribution < 1.29 is 4.74 Å². The average Bonchev–Trinajstić information content (AvgIpc) is 3.61. The van der Waals surface area contributed by atoms with E-state index in [1.54, 1.807) is 0 Å². The molecule has 9 aromatic carbocycles. The monoisotopic (exact) mass is 738 g/mol. The Labute approximate surface area is 336 Å². The van der Waals surface area contributed by atoms with E-state index >= 15 is 0 Å². The van der Waals surface area contributed by atoms with Crippen LogP contribution in [0, 0.1) is 0 Å². The van der Waals surface area contributed by atoms with Crippen LogP contribution in [-0.4, -0.2) is 9.97 Å². The Hall–Kier alpha value is -7.62. The molecule has 2 aliphatic rings. The van der Waals surface area contributed by atoms with E-state index in [9.17, 15) is 0 Å². The van der Waals surface area contributed by atoms with E-state index in [-0.39, 0.29) is 0 Å². The molecule has 270 valence electrons. The van der Waals surface area contributed by atoms with Gasteiger partial charge in [-0.25, -0.2) is 9.97 Å². The zero-order valence-electron chi connectivity index (χ0n) is 31.4. The molecule has 0 bridgehead atoms. The van der Waals surface area contributed by atoms with Gasteiger partial charge in [0.25, 0.3) is 0 Å². The number of aromatic nitrogens is 2. The third kappa shape index (κ3) is 4.74. The van der Waals surface area contributed by atoms with Crippen molar-refractivity contribution in [2.45, 2.75) is 5.41 Å². The second kappa shape index (κ2) is 12.7. The van der Waals surface area contributed by atoms with Crippen molar-refractivity contribution in [1.29, 1.82) is 0 Å².